The summed E-state index contributed by atoms with van der Waals surface area (Å²) in [6.07, 6.45) is 3.80. The van der Waals surface area contributed by atoms with Crippen LogP contribution in [0.4, 0.5) is 0 Å². The predicted molar refractivity (Wildman–Crippen MR) is 88.3 cm³/mol. The van der Waals surface area contributed by atoms with E-state index in [-0.39, 0.29) is 6.04 Å². The Morgan fingerprint density at radius 3 is 2.70 bits per heavy atom. The summed E-state index contributed by atoms with van der Waals surface area (Å²) < 4.78 is 1.06. The summed E-state index contributed by atoms with van der Waals surface area (Å²) in [5, 5.41) is 4.08. The van der Waals surface area contributed by atoms with Gasteiger partial charge < -0.3 is 5.32 Å². The van der Waals surface area contributed by atoms with E-state index in [2.05, 4.69) is 45.3 Å². The van der Waals surface area contributed by atoms with Crippen LogP contribution in [0, 0.1) is 0 Å². The van der Waals surface area contributed by atoms with Crippen LogP contribution in [0.1, 0.15) is 29.8 Å². The average Bonchev–Trinajstić information content (AvgIpc) is 2.48. The van der Waals surface area contributed by atoms with Crippen molar-refractivity contribution < 1.29 is 0 Å². The van der Waals surface area contributed by atoms with E-state index in [4.69, 9.17) is 11.6 Å². The molecule has 1 atom stereocenters. The third-order valence-corrected chi connectivity index (χ3v) is 4.35. The van der Waals surface area contributed by atoms with E-state index in [0.29, 0.717) is 0 Å². The molecule has 1 N–H and O–H groups in total. The third kappa shape index (κ3) is 3.81. The lowest BCUT2D eigenvalue weighted by atomic mass is 10.0. The molecule has 2 rings (SSSR count). The van der Waals surface area contributed by atoms with Crippen molar-refractivity contribution in [3.63, 3.8) is 0 Å². The number of nitrogens with one attached hydrogen (secondary N) is 1. The minimum absolute atomic E-state index is 0.183. The second-order valence-corrected chi connectivity index (χ2v) is 6.01. The highest BCUT2D eigenvalue weighted by Gasteiger charge is 2.14. The molecule has 2 nitrogen and oxygen atoms in total. The lowest BCUT2D eigenvalue weighted by Crippen LogP contribution is -2.19. The molecule has 0 saturated carbocycles. The van der Waals surface area contributed by atoms with E-state index in [1.54, 1.807) is 0 Å². The van der Waals surface area contributed by atoms with Gasteiger partial charge in [-0.3, -0.25) is 4.98 Å². The number of hydrogen-bond acceptors (Lipinski definition) is 2. The van der Waals surface area contributed by atoms with Crippen molar-refractivity contribution in [2.24, 2.45) is 0 Å². The molecule has 1 aromatic carbocycles. The number of nitrogens with zero attached hydrogens (tertiary/aromatic N) is 1. The summed E-state index contributed by atoms with van der Waals surface area (Å²) in [7, 11) is 1.96. The zero-order chi connectivity index (χ0) is 14.5. The first-order valence-electron chi connectivity index (χ1n) is 6.70. The van der Waals surface area contributed by atoms with Crippen LogP contribution in [0.15, 0.2) is 41.0 Å². The summed E-state index contributed by atoms with van der Waals surface area (Å²) in [5.74, 6) is 0. The molecular formula is C16H18BrClN2. The fourth-order valence-corrected chi connectivity index (χ4v) is 2.85. The average molecular weight is 354 g/mol. The Hall–Kier alpha value is -0.900. The highest BCUT2D eigenvalue weighted by atomic mass is 79.9. The fraction of sp³-hybridized carbons (Fsp3) is 0.312. The zero-order valence-corrected chi connectivity index (χ0v) is 14.0. The number of benzene rings is 1. The van der Waals surface area contributed by atoms with Gasteiger partial charge in [0.15, 0.2) is 0 Å². The molecule has 0 spiro atoms. The molecule has 0 fully saturated rings. The number of likely N-dealkylation sites (N-methyl/N-ethyl adjacent to an activating group) is 1. The van der Waals surface area contributed by atoms with Gasteiger partial charge in [-0.1, -0.05) is 40.5 Å². The van der Waals surface area contributed by atoms with Crippen molar-refractivity contribution in [1.82, 2.24) is 10.3 Å². The number of aryl methyl sites for hydroxylation is 1. The molecule has 0 saturated heterocycles. The Kier molecular flexibility index (Phi) is 5.58. The molecule has 1 unspecified atom stereocenters. The molecule has 0 amide bonds. The minimum atomic E-state index is 0.183. The molecule has 0 aliphatic heterocycles. The largest absolute Gasteiger partial charge is 0.313 e. The van der Waals surface area contributed by atoms with E-state index >= 15 is 0 Å². The number of rotatable bonds is 5. The van der Waals surface area contributed by atoms with Crippen LogP contribution >= 0.6 is 27.5 Å². The normalized spacial score (nSPS) is 12.4. The molecular weight excluding hydrogens is 336 g/mol. The van der Waals surface area contributed by atoms with Gasteiger partial charge in [-0.05, 0) is 48.9 Å². The topological polar surface area (TPSA) is 24.9 Å². The number of pyridine rings is 1. The van der Waals surface area contributed by atoms with Crippen LogP contribution in [0.3, 0.4) is 0 Å². The molecule has 2 aromatic rings. The second-order valence-electron chi connectivity index (χ2n) is 4.72. The molecule has 1 heterocycles. The van der Waals surface area contributed by atoms with Crippen molar-refractivity contribution in [2.75, 3.05) is 7.05 Å². The van der Waals surface area contributed by atoms with E-state index < -0.39 is 0 Å². The lowest BCUT2D eigenvalue weighted by Gasteiger charge is -2.18. The lowest BCUT2D eigenvalue weighted by molar-refractivity contribution is 0.582. The standard InChI is InChI=1S/C16H18BrClN2/c1-3-11-4-6-13(20-10-11)9-16(19-2)14-8-12(18)5-7-15(14)17/h4-8,10,16,19H,3,9H2,1-2H3. The van der Waals surface area contributed by atoms with Crippen LogP contribution in [0.2, 0.25) is 5.02 Å². The van der Waals surface area contributed by atoms with E-state index in [9.17, 15) is 0 Å². The predicted octanol–water partition coefficient (Wildman–Crippen LogP) is 4.56. The zero-order valence-electron chi connectivity index (χ0n) is 11.7. The smallest absolute Gasteiger partial charge is 0.0422 e. The summed E-state index contributed by atoms with van der Waals surface area (Å²) in [4.78, 5) is 4.53. The van der Waals surface area contributed by atoms with Gasteiger partial charge in [-0.25, -0.2) is 0 Å². The number of aromatic nitrogens is 1. The van der Waals surface area contributed by atoms with Crippen molar-refractivity contribution in [2.45, 2.75) is 25.8 Å². The SMILES string of the molecule is CCc1ccc(CC(NC)c2cc(Cl)ccc2Br)nc1. The maximum atomic E-state index is 6.10. The van der Waals surface area contributed by atoms with Gasteiger partial charge in [-0.2, -0.15) is 0 Å². The maximum absolute atomic E-state index is 6.10. The van der Waals surface area contributed by atoms with Gasteiger partial charge in [0.05, 0.1) is 0 Å². The first kappa shape index (κ1) is 15.5. The summed E-state index contributed by atoms with van der Waals surface area (Å²) in [5.41, 5.74) is 3.49. The van der Waals surface area contributed by atoms with Gasteiger partial charge in [0.25, 0.3) is 0 Å². The Labute approximate surface area is 133 Å². The first-order chi connectivity index (χ1) is 9.63. The number of hydrogen-bond donors (Lipinski definition) is 1. The Balaban J connectivity index is 2.21. The molecule has 0 aliphatic carbocycles. The van der Waals surface area contributed by atoms with Crippen LogP contribution in [-0.4, -0.2) is 12.0 Å². The van der Waals surface area contributed by atoms with E-state index in [0.717, 1.165) is 33.6 Å². The van der Waals surface area contributed by atoms with Gasteiger partial charge in [-0.15, -0.1) is 0 Å². The van der Waals surface area contributed by atoms with E-state index in [1.165, 1.54) is 5.56 Å². The fourth-order valence-electron chi connectivity index (χ4n) is 2.14. The molecule has 0 aliphatic rings. The monoisotopic (exact) mass is 352 g/mol. The van der Waals surface area contributed by atoms with E-state index in [1.807, 2.05) is 31.4 Å². The second kappa shape index (κ2) is 7.21. The summed E-state index contributed by atoms with van der Waals surface area (Å²) in [6.45, 7) is 2.14. The van der Waals surface area contributed by atoms with Crippen LogP contribution in [-0.2, 0) is 12.8 Å². The van der Waals surface area contributed by atoms with Crippen LogP contribution < -0.4 is 5.32 Å². The van der Waals surface area contributed by atoms with Crippen molar-refractivity contribution in [3.05, 3.63) is 62.8 Å². The Morgan fingerprint density at radius 2 is 2.10 bits per heavy atom. The van der Waals surface area contributed by atoms with Crippen molar-refractivity contribution in [1.29, 1.82) is 0 Å². The van der Waals surface area contributed by atoms with Gasteiger partial charge in [0.1, 0.15) is 0 Å². The van der Waals surface area contributed by atoms with Crippen LogP contribution in [0.25, 0.3) is 0 Å². The summed E-state index contributed by atoms with van der Waals surface area (Å²) >= 11 is 9.69. The molecule has 1 aromatic heterocycles. The molecule has 0 radical (unpaired) electrons. The molecule has 20 heavy (non-hydrogen) atoms. The van der Waals surface area contributed by atoms with Gasteiger partial charge in [0.2, 0.25) is 0 Å². The van der Waals surface area contributed by atoms with Crippen LogP contribution in [0.5, 0.6) is 0 Å². The quantitative estimate of drug-likeness (QED) is 0.852. The maximum Gasteiger partial charge on any atom is 0.0422 e. The van der Waals surface area contributed by atoms with Crippen molar-refractivity contribution >= 4 is 27.5 Å². The third-order valence-electron chi connectivity index (χ3n) is 3.39. The Morgan fingerprint density at radius 1 is 1.30 bits per heavy atom. The highest BCUT2D eigenvalue weighted by molar-refractivity contribution is 9.10. The molecule has 0 bridgehead atoms. The highest BCUT2D eigenvalue weighted by Crippen LogP contribution is 2.28. The minimum Gasteiger partial charge on any atom is -0.313 e. The summed E-state index contributed by atoms with van der Waals surface area (Å²) in [6, 6.07) is 10.3. The molecule has 4 heteroatoms. The van der Waals surface area contributed by atoms with Gasteiger partial charge in [0, 0.05) is 33.8 Å². The Bertz CT molecular complexity index is 569. The van der Waals surface area contributed by atoms with Gasteiger partial charge >= 0.3 is 0 Å². The molecule has 106 valence electrons. The first-order valence-corrected chi connectivity index (χ1v) is 7.87. The van der Waals surface area contributed by atoms with Crippen molar-refractivity contribution in [3.8, 4) is 0 Å². The number of halogens is 2.